The zero-order valence-electron chi connectivity index (χ0n) is 15.5. The molecule has 6 nitrogen and oxygen atoms in total. The number of amides is 2. The number of fused-ring (bicyclic) bond motifs is 1. The molecule has 2 aliphatic heterocycles. The van der Waals surface area contributed by atoms with Gasteiger partial charge in [0.15, 0.2) is 6.61 Å². The monoisotopic (exact) mass is 383 g/mol. The molecule has 0 aromatic heterocycles. The molecule has 2 aliphatic rings. The van der Waals surface area contributed by atoms with Gasteiger partial charge in [0.2, 0.25) is 5.91 Å². The normalized spacial score (nSPS) is 16.0. The van der Waals surface area contributed by atoms with Crippen LogP contribution in [-0.2, 0) is 22.6 Å². The highest BCUT2D eigenvalue weighted by atomic mass is 19.1. The summed E-state index contributed by atoms with van der Waals surface area (Å²) < 4.78 is 20.2. The first-order valence-corrected chi connectivity index (χ1v) is 9.46. The number of halogens is 1. The van der Waals surface area contributed by atoms with E-state index in [1.807, 2.05) is 12.1 Å². The fourth-order valence-electron chi connectivity index (χ4n) is 3.63. The van der Waals surface area contributed by atoms with Crippen molar-refractivity contribution in [2.24, 2.45) is 0 Å². The van der Waals surface area contributed by atoms with E-state index in [-0.39, 0.29) is 24.0 Å². The van der Waals surface area contributed by atoms with Gasteiger partial charge < -0.3 is 20.3 Å². The van der Waals surface area contributed by atoms with Crippen LogP contribution in [0.25, 0.3) is 0 Å². The summed E-state index contributed by atoms with van der Waals surface area (Å²) in [6.45, 7) is 1.81. The van der Waals surface area contributed by atoms with Gasteiger partial charge in [-0.3, -0.25) is 9.59 Å². The van der Waals surface area contributed by atoms with Gasteiger partial charge in [-0.1, -0.05) is 12.1 Å². The molecule has 28 heavy (non-hydrogen) atoms. The predicted molar refractivity (Wildman–Crippen MR) is 104 cm³/mol. The van der Waals surface area contributed by atoms with Gasteiger partial charge in [-0.2, -0.15) is 0 Å². The first-order chi connectivity index (χ1) is 13.6. The van der Waals surface area contributed by atoms with E-state index in [1.165, 1.54) is 0 Å². The van der Waals surface area contributed by atoms with Crippen molar-refractivity contribution in [2.75, 3.05) is 29.9 Å². The minimum absolute atomic E-state index is 0.0907. The largest absolute Gasteiger partial charge is 0.484 e. The van der Waals surface area contributed by atoms with Crippen LogP contribution in [0.2, 0.25) is 0 Å². The minimum Gasteiger partial charge on any atom is -0.484 e. The van der Waals surface area contributed by atoms with E-state index in [9.17, 15) is 14.0 Å². The highest BCUT2D eigenvalue weighted by Crippen LogP contribution is 2.26. The standard InChI is InChI=1S/C21H22FN3O3/c22-21-17-8-9-23-12-14(17)6-7-18(21)24-19(26)13-28-16-4-1-3-15(11-16)25-10-2-5-20(25)27/h1,3-4,6-7,11,23H,2,5,8-10,12-13H2,(H,24,26). The molecule has 2 N–H and O–H groups in total. The molecule has 0 spiro atoms. The van der Waals surface area contributed by atoms with E-state index in [0.717, 1.165) is 24.2 Å². The van der Waals surface area contributed by atoms with Crippen LogP contribution >= 0.6 is 0 Å². The van der Waals surface area contributed by atoms with Crippen molar-refractivity contribution in [1.82, 2.24) is 5.32 Å². The van der Waals surface area contributed by atoms with Gasteiger partial charge in [-0.05, 0) is 48.7 Å². The Kier molecular flexibility index (Phi) is 5.25. The lowest BCUT2D eigenvalue weighted by Crippen LogP contribution is -2.26. The number of benzene rings is 2. The van der Waals surface area contributed by atoms with E-state index < -0.39 is 5.91 Å². The molecule has 0 saturated carbocycles. The summed E-state index contributed by atoms with van der Waals surface area (Å²) in [6, 6.07) is 10.5. The fraction of sp³-hybridized carbons (Fsp3) is 0.333. The van der Waals surface area contributed by atoms with Gasteiger partial charge in [0.1, 0.15) is 11.6 Å². The number of hydrogen-bond donors (Lipinski definition) is 2. The maximum Gasteiger partial charge on any atom is 0.262 e. The van der Waals surface area contributed by atoms with Crippen LogP contribution in [0.1, 0.15) is 24.0 Å². The SMILES string of the molecule is O=C(COc1cccc(N2CCCC2=O)c1)Nc1ccc2c(c1F)CCNC2. The summed E-state index contributed by atoms with van der Waals surface area (Å²) in [7, 11) is 0. The van der Waals surface area contributed by atoms with Crippen LogP contribution < -0.4 is 20.3 Å². The third-order valence-corrected chi connectivity index (χ3v) is 5.05. The third-order valence-electron chi connectivity index (χ3n) is 5.05. The Labute approximate surface area is 162 Å². The molecule has 1 fully saturated rings. The molecular weight excluding hydrogens is 361 g/mol. The Hall–Kier alpha value is -2.93. The average molecular weight is 383 g/mol. The second-order valence-corrected chi connectivity index (χ2v) is 6.97. The molecule has 1 saturated heterocycles. The highest BCUT2D eigenvalue weighted by Gasteiger charge is 2.22. The first kappa shape index (κ1) is 18.4. The van der Waals surface area contributed by atoms with Gasteiger partial charge >= 0.3 is 0 Å². The van der Waals surface area contributed by atoms with Gasteiger partial charge in [0.05, 0.1) is 5.69 Å². The first-order valence-electron chi connectivity index (χ1n) is 9.46. The van der Waals surface area contributed by atoms with E-state index in [4.69, 9.17) is 4.74 Å². The number of anilines is 2. The molecule has 0 radical (unpaired) electrons. The van der Waals surface area contributed by atoms with Crippen LogP contribution in [-0.4, -0.2) is 31.5 Å². The molecule has 0 atom stereocenters. The Morgan fingerprint density at radius 3 is 2.96 bits per heavy atom. The van der Waals surface area contributed by atoms with Crippen molar-refractivity contribution < 1.29 is 18.7 Å². The molecule has 0 bridgehead atoms. The maximum absolute atomic E-state index is 14.6. The number of nitrogens with one attached hydrogen (secondary N) is 2. The zero-order valence-corrected chi connectivity index (χ0v) is 15.5. The van der Waals surface area contributed by atoms with Gasteiger partial charge in [0.25, 0.3) is 5.91 Å². The van der Waals surface area contributed by atoms with Crippen LogP contribution in [0.5, 0.6) is 5.75 Å². The lowest BCUT2D eigenvalue weighted by molar-refractivity contribution is -0.118. The lowest BCUT2D eigenvalue weighted by Gasteiger charge is -2.19. The number of carbonyl (C=O) groups excluding carboxylic acids is 2. The summed E-state index contributed by atoms with van der Waals surface area (Å²) in [5.41, 5.74) is 2.51. The summed E-state index contributed by atoms with van der Waals surface area (Å²) >= 11 is 0. The van der Waals surface area contributed by atoms with Crippen LogP contribution in [0.3, 0.4) is 0 Å². The Bertz CT molecular complexity index is 916. The second kappa shape index (κ2) is 7.98. The molecular formula is C21H22FN3O3. The molecule has 2 heterocycles. The van der Waals surface area contributed by atoms with Crippen molar-refractivity contribution in [2.45, 2.75) is 25.8 Å². The van der Waals surface area contributed by atoms with E-state index >= 15 is 0 Å². The van der Waals surface area contributed by atoms with Crippen LogP contribution in [0.4, 0.5) is 15.8 Å². The number of hydrogen-bond acceptors (Lipinski definition) is 4. The number of carbonyl (C=O) groups is 2. The molecule has 2 aromatic carbocycles. The van der Waals surface area contributed by atoms with Crippen molar-refractivity contribution in [1.29, 1.82) is 0 Å². The quantitative estimate of drug-likeness (QED) is 0.833. The predicted octanol–water partition coefficient (Wildman–Crippen LogP) is 2.62. The summed E-state index contributed by atoms with van der Waals surface area (Å²) in [6.07, 6.45) is 1.99. The zero-order chi connectivity index (χ0) is 19.5. The van der Waals surface area contributed by atoms with Crippen molar-refractivity contribution in [3.63, 3.8) is 0 Å². The topological polar surface area (TPSA) is 70.7 Å². The van der Waals surface area contributed by atoms with Gasteiger partial charge in [-0.25, -0.2) is 4.39 Å². The van der Waals surface area contributed by atoms with Crippen molar-refractivity contribution in [3.05, 3.63) is 53.3 Å². The second-order valence-electron chi connectivity index (χ2n) is 6.97. The number of ether oxygens (including phenoxy) is 1. The Balaban J connectivity index is 1.38. The van der Waals surface area contributed by atoms with Crippen molar-refractivity contribution >= 4 is 23.2 Å². The molecule has 0 unspecified atom stereocenters. The van der Waals surface area contributed by atoms with Gasteiger partial charge in [0, 0.05) is 31.3 Å². The molecule has 2 amide bonds. The Morgan fingerprint density at radius 1 is 1.25 bits per heavy atom. The van der Waals surface area contributed by atoms with Crippen molar-refractivity contribution in [3.8, 4) is 5.75 Å². The molecule has 7 heteroatoms. The summed E-state index contributed by atoms with van der Waals surface area (Å²) in [5.74, 6) is -0.227. The highest BCUT2D eigenvalue weighted by molar-refractivity contribution is 5.95. The average Bonchev–Trinajstić information content (AvgIpc) is 3.15. The smallest absolute Gasteiger partial charge is 0.262 e. The van der Waals surface area contributed by atoms with E-state index in [1.54, 1.807) is 29.2 Å². The summed E-state index contributed by atoms with van der Waals surface area (Å²) in [5, 5.41) is 5.78. The van der Waals surface area contributed by atoms with Gasteiger partial charge in [-0.15, -0.1) is 0 Å². The fourth-order valence-corrected chi connectivity index (χ4v) is 3.63. The molecule has 0 aliphatic carbocycles. The molecule has 4 rings (SSSR count). The lowest BCUT2D eigenvalue weighted by atomic mass is 9.99. The van der Waals surface area contributed by atoms with E-state index in [2.05, 4.69) is 10.6 Å². The van der Waals surface area contributed by atoms with Crippen LogP contribution in [0, 0.1) is 5.82 Å². The van der Waals surface area contributed by atoms with Crippen LogP contribution in [0.15, 0.2) is 36.4 Å². The summed E-state index contributed by atoms with van der Waals surface area (Å²) in [4.78, 5) is 25.8. The molecule has 2 aromatic rings. The maximum atomic E-state index is 14.6. The minimum atomic E-state index is -0.435. The molecule has 146 valence electrons. The van der Waals surface area contributed by atoms with E-state index in [0.29, 0.717) is 37.2 Å². The third kappa shape index (κ3) is 3.84. The Morgan fingerprint density at radius 2 is 2.14 bits per heavy atom. The number of rotatable bonds is 5. The number of nitrogens with zero attached hydrogens (tertiary/aromatic N) is 1.